The molecule has 0 bridgehead atoms. The van der Waals surface area contributed by atoms with E-state index in [1.165, 1.54) is 0 Å². The van der Waals surface area contributed by atoms with Gasteiger partial charge in [-0.05, 0) is 19.8 Å². The molecular formula is C12H10N4O. The monoisotopic (exact) mass is 226 g/mol. The molecule has 84 valence electrons. The Kier molecular flexibility index (Phi) is 2.15. The average Bonchev–Trinajstić information content (AvgIpc) is 3.11. The largest absolute Gasteiger partial charge is 0.361 e. The van der Waals surface area contributed by atoms with Crippen LogP contribution >= 0.6 is 0 Å². The molecule has 1 fully saturated rings. The summed E-state index contributed by atoms with van der Waals surface area (Å²) < 4.78 is 5.02. The lowest BCUT2D eigenvalue weighted by Crippen LogP contribution is -1.98. The van der Waals surface area contributed by atoms with Crippen LogP contribution in [0.1, 0.15) is 36.0 Å². The summed E-state index contributed by atoms with van der Waals surface area (Å²) in [6.07, 6.45) is 3.84. The van der Waals surface area contributed by atoms with Gasteiger partial charge < -0.3 is 4.52 Å². The first-order valence-corrected chi connectivity index (χ1v) is 5.48. The molecule has 0 saturated heterocycles. The first-order valence-electron chi connectivity index (χ1n) is 5.48. The minimum Gasteiger partial charge on any atom is -0.361 e. The number of aromatic nitrogens is 3. The van der Waals surface area contributed by atoms with Crippen molar-refractivity contribution in [3.63, 3.8) is 0 Å². The van der Waals surface area contributed by atoms with Crippen LogP contribution in [-0.2, 0) is 0 Å². The zero-order valence-electron chi connectivity index (χ0n) is 9.34. The number of nitriles is 1. The fourth-order valence-electron chi connectivity index (χ4n) is 1.73. The molecule has 1 aliphatic rings. The van der Waals surface area contributed by atoms with Crippen LogP contribution in [0.25, 0.3) is 11.3 Å². The van der Waals surface area contributed by atoms with Crippen molar-refractivity contribution in [2.24, 2.45) is 0 Å². The molecule has 0 aliphatic heterocycles. The Hall–Kier alpha value is -2.22. The van der Waals surface area contributed by atoms with Gasteiger partial charge in [-0.15, -0.1) is 0 Å². The summed E-state index contributed by atoms with van der Waals surface area (Å²) in [5, 5.41) is 12.7. The normalized spacial score (nSPS) is 14.6. The molecule has 1 aliphatic carbocycles. The van der Waals surface area contributed by atoms with E-state index >= 15 is 0 Å². The fourth-order valence-corrected chi connectivity index (χ4v) is 1.73. The third-order valence-electron chi connectivity index (χ3n) is 2.83. The second-order valence-electron chi connectivity index (χ2n) is 4.18. The third kappa shape index (κ3) is 1.78. The molecule has 0 aromatic carbocycles. The maximum Gasteiger partial charge on any atom is 0.144 e. The zero-order chi connectivity index (χ0) is 11.8. The van der Waals surface area contributed by atoms with E-state index in [-0.39, 0.29) is 0 Å². The van der Waals surface area contributed by atoms with Crippen LogP contribution in [0.3, 0.4) is 0 Å². The van der Waals surface area contributed by atoms with Crippen LogP contribution in [0.15, 0.2) is 16.8 Å². The Balaban J connectivity index is 2.13. The van der Waals surface area contributed by atoms with Crippen molar-refractivity contribution in [1.82, 2.24) is 15.1 Å². The van der Waals surface area contributed by atoms with Crippen molar-refractivity contribution in [3.8, 4) is 17.3 Å². The maximum absolute atomic E-state index is 8.98. The molecule has 2 aromatic heterocycles. The molecule has 1 saturated carbocycles. The van der Waals surface area contributed by atoms with E-state index in [1.807, 2.05) is 6.92 Å². The lowest BCUT2D eigenvalue weighted by molar-refractivity contribution is 0.398. The van der Waals surface area contributed by atoms with Gasteiger partial charge in [0.15, 0.2) is 0 Å². The van der Waals surface area contributed by atoms with Crippen LogP contribution in [0.2, 0.25) is 0 Å². The summed E-state index contributed by atoms with van der Waals surface area (Å²) in [7, 11) is 0. The Morgan fingerprint density at radius 1 is 1.41 bits per heavy atom. The molecule has 17 heavy (non-hydrogen) atoms. The molecule has 5 nitrogen and oxygen atoms in total. The van der Waals surface area contributed by atoms with Gasteiger partial charge in [-0.3, -0.25) is 0 Å². The molecular weight excluding hydrogens is 216 g/mol. The lowest BCUT2D eigenvalue weighted by atomic mass is 10.1. The topological polar surface area (TPSA) is 75.6 Å². The highest BCUT2D eigenvalue weighted by Gasteiger charge is 2.27. The molecule has 2 heterocycles. The van der Waals surface area contributed by atoms with Gasteiger partial charge in [-0.1, -0.05) is 5.16 Å². The minimum atomic E-state index is 0.400. The summed E-state index contributed by atoms with van der Waals surface area (Å²) in [6, 6.07) is 3.74. The minimum absolute atomic E-state index is 0.400. The Morgan fingerprint density at radius 2 is 2.24 bits per heavy atom. The quantitative estimate of drug-likeness (QED) is 0.784. The molecule has 0 radical (unpaired) electrons. The highest BCUT2D eigenvalue weighted by atomic mass is 16.5. The number of rotatable bonds is 2. The maximum atomic E-state index is 8.98. The first kappa shape index (κ1) is 9.97. The summed E-state index contributed by atoms with van der Waals surface area (Å²) in [6.45, 7) is 1.83. The predicted molar refractivity (Wildman–Crippen MR) is 59.0 cm³/mol. The zero-order valence-corrected chi connectivity index (χ0v) is 9.34. The van der Waals surface area contributed by atoms with Crippen LogP contribution in [-0.4, -0.2) is 15.1 Å². The van der Waals surface area contributed by atoms with Crippen LogP contribution in [0, 0.1) is 18.3 Å². The van der Waals surface area contributed by atoms with Crippen LogP contribution in [0.5, 0.6) is 0 Å². The van der Waals surface area contributed by atoms with E-state index in [4.69, 9.17) is 9.78 Å². The van der Waals surface area contributed by atoms with Gasteiger partial charge in [-0.2, -0.15) is 5.26 Å². The first-order chi connectivity index (χ1) is 8.28. The number of aryl methyl sites for hydroxylation is 1. The molecule has 0 spiro atoms. The van der Waals surface area contributed by atoms with Gasteiger partial charge in [-0.25, -0.2) is 9.97 Å². The van der Waals surface area contributed by atoms with Crippen LogP contribution < -0.4 is 0 Å². The number of hydrogen-bond acceptors (Lipinski definition) is 5. The molecule has 2 aromatic rings. The van der Waals surface area contributed by atoms with E-state index < -0.39 is 0 Å². The van der Waals surface area contributed by atoms with Gasteiger partial charge in [0.25, 0.3) is 0 Å². The van der Waals surface area contributed by atoms with Crippen molar-refractivity contribution in [2.75, 3.05) is 0 Å². The summed E-state index contributed by atoms with van der Waals surface area (Å²) in [5.74, 6) is 1.89. The van der Waals surface area contributed by atoms with E-state index in [9.17, 15) is 0 Å². The van der Waals surface area contributed by atoms with Gasteiger partial charge >= 0.3 is 0 Å². The van der Waals surface area contributed by atoms with Crippen molar-refractivity contribution in [2.45, 2.75) is 25.7 Å². The summed E-state index contributed by atoms with van der Waals surface area (Å²) in [5.41, 5.74) is 1.94. The summed E-state index contributed by atoms with van der Waals surface area (Å²) >= 11 is 0. The smallest absolute Gasteiger partial charge is 0.144 e. The second-order valence-corrected chi connectivity index (χ2v) is 4.18. The average molecular weight is 226 g/mol. The van der Waals surface area contributed by atoms with Crippen molar-refractivity contribution < 1.29 is 4.52 Å². The highest BCUT2D eigenvalue weighted by Crippen LogP contribution is 2.38. The molecule has 0 N–H and O–H groups in total. The van der Waals surface area contributed by atoms with E-state index in [0.717, 1.165) is 29.9 Å². The number of hydrogen-bond donors (Lipinski definition) is 0. The van der Waals surface area contributed by atoms with Gasteiger partial charge in [0.2, 0.25) is 0 Å². The standard InChI is InChI=1S/C12H10N4O/c1-7-10(6-14-17-7)11-4-9(5-13)15-12(16-11)8-2-3-8/h4,6,8H,2-3H2,1H3. The highest BCUT2D eigenvalue weighted by molar-refractivity contribution is 5.61. The van der Waals surface area contributed by atoms with Gasteiger partial charge in [0, 0.05) is 12.0 Å². The second kappa shape index (κ2) is 3.67. The van der Waals surface area contributed by atoms with Gasteiger partial charge in [0.05, 0.1) is 17.5 Å². The SMILES string of the molecule is Cc1oncc1-c1cc(C#N)nc(C2CC2)n1. The molecule has 0 amide bonds. The Bertz CT molecular complexity index is 607. The summed E-state index contributed by atoms with van der Waals surface area (Å²) in [4.78, 5) is 8.71. The lowest BCUT2D eigenvalue weighted by Gasteiger charge is -2.02. The van der Waals surface area contributed by atoms with Crippen molar-refractivity contribution in [1.29, 1.82) is 5.26 Å². The molecule has 3 rings (SSSR count). The van der Waals surface area contributed by atoms with E-state index in [2.05, 4.69) is 21.2 Å². The number of nitrogens with zero attached hydrogens (tertiary/aromatic N) is 4. The third-order valence-corrected chi connectivity index (χ3v) is 2.83. The Morgan fingerprint density at radius 3 is 2.82 bits per heavy atom. The van der Waals surface area contributed by atoms with Crippen LogP contribution in [0.4, 0.5) is 0 Å². The predicted octanol–water partition coefficient (Wildman–Crippen LogP) is 2.19. The van der Waals surface area contributed by atoms with Crippen molar-refractivity contribution in [3.05, 3.63) is 29.5 Å². The van der Waals surface area contributed by atoms with Crippen molar-refractivity contribution >= 4 is 0 Å². The molecule has 0 unspecified atom stereocenters. The molecule has 0 atom stereocenters. The van der Waals surface area contributed by atoms with E-state index in [1.54, 1.807) is 12.3 Å². The molecule has 5 heteroatoms. The van der Waals surface area contributed by atoms with Gasteiger partial charge in [0.1, 0.15) is 23.3 Å². The van der Waals surface area contributed by atoms with E-state index in [0.29, 0.717) is 17.4 Å². The fraction of sp³-hybridized carbons (Fsp3) is 0.333. The Labute approximate surface area is 98.1 Å².